The fourth-order valence-electron chi connectivity index (χ4n) is 4.31. The maximum Gasteiger partial charge on any atom is 0.238 e. The Morgan fingerprint density at radius 3 is 2.00 bits per heavy atom. The Bertz CT molecular complexity index is 773. The van der Waals surface area contributed by atoms with E-state index in [0.717, 1.165) is 0 Å². The second-order valence-corrected chi connectivity index (χ2v) is 7.37. The minimum absolute atomic E-state index is 0.0548. The van der Waals surface area contributed by atoms with Gasteiger partial charge in [-0.2, -0.15) is 0 Å². The van der Waals surface area contributed by atoms with E-state index < -0.39 is 0 Å². The fourth-order valence-corrected chi connectivity index (χ4v) is 4.60. The van der Waals surface area contributed by atoms with Gasteiger partial charge < -0.3 is 0 Å². The number of carbonyl (C=O) groups is 2. The van der Waals surface area contributed by atoms with Crippen LogP contribution in [0.15, 0.2) is 41.5 Å². The zero-order valence-electron chi connectivity index (χ0n) is 12.7. The Balaban J connectivity index is 1.77. The summed E-state index contributed by atoms with van der Waals surface area (Å²) in [4.78, 5) is 27.1. The molecule has 3 nitrogen and oxygen atoms in total. The van der Waals surface area contributed by atoms with Gasteiger partial charge in [0, 0.05) is 11.8 Å². The number of carbonyl (C=O) groups excluding carboxylic acids is 2. The predicted octanol–water partition coefficient (Wildman–Crippen LogP) is 4.25. The van der Waals surface area contributed by atoms with Gasteiger partial charge in [0.1, 0.15) is 0 Å². The molecule has 1 aromatic rings. The number of imide groups is 1. The first kappa shape index (κ1) is 15.0. The molecule has 1 aromatic carbocycles. The van der Waals surface area contributed by atoms with Crippen LogP contribution in [0.25, 0.3) is 0 Å². The molecule has 2 aliphatic carbocycles. The first-order valence-corrected chi connectivity index (χ1v) is 8.36. The Morgan fingerprint density at radius 2 is 1.52 bits per heavy atom. The van der Waals surface area contributed by atoms with Gasteiger partial charge in [-0.05, 0) is 32.0 Å². The predicted molar refractivity (Wildman–Crippen MR) is 90.4 cm³/mol. The van der Waals surface area contributed by atoms with E-state index in [4.69, 9.17) is 23.2 Å². The molecule has 1 heterocycles. The second-order valence-electron chi connectivity index (χ2n) is 6.55. The summed E-state index contributed by atoms with van der Waals surface area (Å²) < 4.78 is 0. The molecule has 2 fully saturated rings. The lowest BCUT2D eigenvalue weighted by Gasteiger charge is -2.19. The number of amides is 2. The molecule has 0 N–H and O–H groups in total. The highest BCUT2D eigenvalue weighted by atomic mass is 35.5. The van der Waals surface area contributed by atoms with Crippen LogP contribution >= 0.6 is 23.2 Å². The van der Waals surface area contributed by atoms with Crippen molar-refractivity contribution in [3.8, 4) is 0 Å². The van der Waals surface area contributed by atoms with Crippen molar-refractivity contribution in [1.82, 2.24) is 0 Å². The van der Waals surface area contributed by atoms with Crippen LogP contribution in [0.2, 0.25) is 10.0 Å². The molecule has 5 heteroatoms. The largest absolute Gasteiger partial charge is 0.274 e. The summed E-state index contributed by atoms with van der Waals surface area (Å²) in [6.07, 6.45) is 4.16. The number of benzene rings is 1. The quantitative estimate of drug-likeness (QED) is 0.562. The molecule has 2 amide bonds. The van der Waals surface area contributed by atoms with Crippen LogP contribution < -0.4 is 4.90 Å². The van der Waals surface area contributed by atoms with Gasteiger partial charge in [-0.1, -0.05) is 46.5 Å². The molecule has 1 saturated heterocycles. The number of hydrogen-bond acceptors (Lipinski definition) is 2. The number of allylic oxidation sites excluding steroid dienone is 4. The third-order valence-electron chi connectivity index (χ3n) is 5.15. The molecule has 0 aromatic heterocycles. The van der Waals surface area contributed by atoms with Crippen LogP contribution in [0.5, 0.6) is 0 Å². The fraction of sp³-hybridized carbons (Fsp3) is 0.333. The number of hydrogen-bond donors (Lipinski definition) is 0. The second kappa shape index (κ2) is 4.96. The van der Waals surface area contributed by atoms with Crippen molar-refractivity contribution >= 4 is 40.7 Å². The summed E-state index contributed by atoms with van der Waals surface area (Å²) in [5.74, 6) is -0.713. The average Bonchev–Trinajstić information content (AvgIpc) is 3.13. The summed E-state index contributed by atoms with van der Waals surface area (Å²) >= 11 is 12.0. The van der Waals surface area contributed by atoms with Gasteiger partial charge in [0.15, 0.2) is 0 Å². The van der Waals surface area contributed by atoms with Crippen LogP contribution in [0, 0.1) is 23.7 Å². The molecule has 0 spiro atoms. The minimum atomic E-state index is -0.281. The van der Waals surface area contributed by atoms with Crippen molar-refractivity contribution in [3.05, 3.63) is 51.5 Å². The van der Waals surface area contributed by atoms with Crippen molar-refractivity contribution in [2.45, 2.75) is 13.8 Å². The molecule has 4 rings (SSSR count). The molecular weight excluding hydrogens is 333 g/mol. The van der Waals surface area contributed by atoms with E-state index in [1.807, 2.05) is 0 Å². The molecule has 0 radical (unpaired) electrons. The molecule has 1 aliphatic heterocycles. The molecule has 0 unspecified atom stereocenters. The number of nitrogens with zero attached hydrogens (tertiary/aromatic N) is 1. The maximum absolute atomic E-state index is 12.9. The normalized spacial score (nSPS) is 31.3. The van der Waals surface area contributed by atoms with Crippen molar-refractivity contribution in [1.29, 1.82) is 0 Å². The molecule has 118 valence electrons. The van der Waals surface area contributed by atoms with E-state index >= 15 is 0 Å². The Labute approximate surface area is 144 Å². The number of anilines is 1. The highest BCUT2D eigenvalue weighted by molar-refractivity contribution is 6.42. The number of rotatable bonds is 1. The van der Waals surface area contributed by atoms with E-state index in [1.165, 1.54) is 16.0 Å². The Kier molecular flexibility index (Phi) is 3.23. The van der Waals surface area contributed by atoms with Gasteiger partial charge in [-0.25, -0.2) is 4.90 Å². The van der Waals surface area contributed by atoms with Gasteiger partial charge in [-0.15, -0.1) is 0 Å². The zero-order valence-corrected chi connectivity index (χ0v) is 14.2. The first-order chi connectivity index (χ1) is 10.9. The van der Waals surface area contributed by atoms with E-state index in [1.54, 1.807) is 18.2 Å². The van der Waals surface area contributed by atoms with E-state index in [2.05, 4.69) is 26.0 Å². The summed E-state index contributed by atoms with van der Waals surface area (Å²) in [5.41, 5.74) is 2.96. The van der Waals surface area contributed by atoms with Gasteiger partial charge in [0.25, 0.3) is 0 Å². The van der Waals surface area contributed by atoms with Crippen LogP contribution in [-0.2, 0) is 9.59 Å². The van der Waals surface area contributed by atoms with Crippen molar-refractivity contribution in [3.63, 3.8) is 0 Å². The smallest absolute Gasteiger partial charge is 0.238 e. The van der Waals surface area contributed by atoms with E-state index in [-0.39, 0.29) is 35.5 Å². The van der Waals surface area contributed by atoms with E-state index in [0.29, 0.717) is 15.7 Å². The van der Waals surface area contributed by atoms with Crippen LogP contribution in [-0.4, -0.2) is 11.8 Å². The summed E-state index contributed by atoms with van der Waals surface area (Å²) in [7, 11) is 0. The standard InChI is InChI=1S/C18H15Cl2NO2/c1-8(2)14-10-4-5-11(14)16-15(10)17(22)21(18(16)23)9-3-6-12(19)13(20)7-9/h3-7,10-11,15-16H,1-2H3/t10-,11+,15-,16-/m0/s1. The van der Waals surface area contributed by atoms with Gasteiger partial charge in [-0.3, -0.25) is 9.59 Å². The van der Waals surface area contributed by atoms with Gasteiger partial charge >= 0.3 is 0 Å². The minimum Gasteiger partial charge on any atom is -0.274 e. The lowest BCUT2D eigenvalue weighted by molar-refractivity contribution is -0.122. The first-order valence-electron chi connectivity index (χ1n) is 7.60. The number of halogens is 2. The Morgan fingerprint density at radius 1 is 0.957 bits per heavy atom. The van der Waals surface area contributed by atoms with Crippen LogP contribution in [0.1, 0.15) is 13.8 Å². The van der Waals surface area contributed by atoms with Gasteiger partial charge in [0.2, 0.25) is 11.8 Å². The molecule has 4 atom stereocenters. The van der Waals surface area contributed by atoms with Crippen molar-refractivity contribution in [2.75, 3.05) is 4.90 Å². The third kappa shape index (κ3) is 1.90. The topological polar surface area (TPSA) is 37.4 Å². The lowest BCUT2D eigenvalue weighted by Crippen LogP contribution is -2.33. The van der Waals surface area contributed by atoms with E-state index in [9.17, 15) is 9.59 Å². The Hall–Kier alpha value is -1.58. The van der Waals surface area contributed by atoms with Crippen molar-refractivity contribution in [2.24, 2.45) is 23.7 Å². The highest BCUT2D eigenvalue weighted by Gasteiger charge is 2.61. The highest BCUT2D eigenvalue weighted by Crippen LogP contribution is 2.57. The van der Waals surface area contributed by atoms with Crippen LogP contribution in [0.3, 0.4) is 0 Å². The molecule has 2 bridgehead atoms. The lowest BCUT2D eigenvalue weighted by atomic mass is 9.85. The van der Waals surface area contributed by atoms with Crippen LogP contribution in [0.4, 0.5) is 5.69 Å². The van der Waals surface area contributed by atoms with Crippen molar-refractivity contribution < 1.29 is 9.59 Å². The molecule has 1 saturated carbocycles. The summed E-state index contributed by atoms with van der Waals surface area (Å²) in [6.45, 7) is 4.10. The average molecular weight is 348 g/mol. The molecule has 3 aliphatic rings. The molecule has 23 heavy (non-hydrogen) atoms. The zero-order chi connectivity index (χ0) is 16.5. The maximum atomic E-state index is 12.9. The number of fused-ring (bicyclic) bond motifs is 5. The SMILES string of the molecule is CC(C)=C1[C@H]2C=C[C@@H]1[C@@H]1C(=O)N(c3ccc(Cl)c(Cl)c3)C(=O)[C@H]12. The monoisotopic (exact) mass is 347 g/mol. The molecular formula is C18H15Cl2NO2. The summed E-state index contributed by atoms with van der Waals surface area (Å²) in [6, 6.07) is 4.86. The van der Waals surface area contributed by atoms with Gasteiger partial charge in [0.05, 0.1) is 27.6 Å². The third-order valence-corrected chi connectivity index (χ3v) is 5.89. The summed E-state index contributed by atoms with van der Waals surface area (Å²) in [5, 5.41) is 0.746.